The summed E-state index contributed by atoms with van der Waals surface area (Å²) in [4.78, 5) is 27.1. The highest BCUT2D eigenvalue weighted by Crippen LogP contribution is 2.18. The summed E-state index contributed by atoms with van der Waals surface area (Å²) in [5.41, 5.74) is 3.17. The van der Waals surface area contributed by atoms with Crippen molar-refractivity contribution in [2.24, 2.45) is 0 Å². The molecule has 1 N–H and O–H groups in total. The Balaban J connectivity index is 2.51. The number of nitrogens with one attached hydrogen (secondary N) is 1. The molecule has 0 atom stereocenters. The molecule has 19 heavy (non-hydrogen) atoms. The number of carbonyl (C=O) groups excluding carboxylic acids is 1. The summed E-state index contributed by atoms with van der Waals surface area (Å²) in [6.45, 7) is 3.48. The van der Waals surface area contributed by atoms with Gasteiger partial charge in [-0.2, -0.15) is 0 Å². The van der Waals surface area contributed by atoms with Crippen LogP contribution in [-0.2, 0) is 0 Å². The molecule has 3 rings (SSSR count). The lowest BCUT2D eigenvalue weighted by atomic mass is 10.0. The number of aromatic nitrogens is 1. The molecule has 2 aromatic carbocycles. The first kappa shape index (κ1) is 11.7. The zero-order chi connectivity index (χ0) is 13.6. The molecule has 0 aliphatic rings. The topological polar surface area (TPSA) is 49.9 Å². The number of rotatable bonds is 1. The molecule has 0 spiro atoms. The number of benzene rings is 2. The Morgan fingerprint density at radius 3 is 2.63 bits per heavy atom. The van der Waals surface area contributed by atoms with Gasteiger partial charge in [0.2, 0.25) is 0 Å². The number of carbonyl (C=O) groups is 1. The van der Waals surface area contributed by atoms with E-state index in [1.165, 1.54) is 6.92 Å². The number of ketones is 1. The van der Waals surface area contributed by atoms with Crippen molar-refractivity contribution in [2.45, 2.75) is 13.8 Å². The first-order valence-electron chi connectivity index (χ1n) is 6.14. The fourth-order valence-corrected chi connectivity index (χ4v) is 2.37. The lowest BCUT2D eigenvalue weighted by Crippen LogP contribution is -2.05. The van der Waals surface area contributed by atoms with Crippen molar-refractivity contribution in [3.8, 4) is 0 Å². The quantitative estimate of drug-likeness (QED) is 0.533. The molecule has 0 aliphatic heterocycles. The number of H-pyrrole nitrogens is 1. The van der Waals surface area contributed by atoms with E-state index in [4.69, 9.17) is 0 Å². The Hall–Kier alpha value is -2.42. The molecule has 0 radical (unpaired) electrons. The molecular formula is C16H13NO2. The fraction of sp³-hybridized carbons (Fsp3) is 0.125. The van der Waals surface area contributed by atoms with E-state index >= 15 is 0 Å². The number of fused-ring (bicyclic) bond motifs is 2. The molecule has 0 fully saturated rings. The number of aromatic amines is 1. The Labute approximate surface area is 109 Å². The predicted molar refractivity (Wildman–Crippen MR) is 76.8 cm³/mol. The van der Waals surface area contributed by atoms with Gasteiger partial charge in [0.05, 0.1) is 11.0 Å². The van der Waals surface area contributed by atoms with E-state index < -0.39 is 0 Å². The van der Waals surface area contributed by atoms with Gasteiger partial charge < -0.3 is 4.98 Å². The second-order valence-corrected chi connectivity index (χ2v) is 4.77. The molecule has 3 nitrogen and oxygen atoms in total. The Kier molecular flexibility index (Phi) is 2.49. The van der Waals surface area contributed by atoms with Crippen molar-refractivity contribution >= 4 is 27.6 Å². The summed E-state index contributed by atoms with van der Waals surface area (Å²) in [5.74, 6) is -0.00682. The van der Waals surface area contributed by atoms with Crippen LogP contribution in [-0.4, -0.2) is 10.8 Å². The minimum Gasteiger partial charge on any atom is -0.354 e. The molecule has 0 unspecified atom stereocenters. The molecule has 1 heterocycles. The van der Waals surface area contributed by atoms with Gasteiger partial charge in [0.25, 0.3) is 0 Å². The van der Waals surface area contributed by atoms with Crippen LogP contribution in [0.15, 0.2) is 41.2 Å². The number of hydrogen-bond donors (Lipinski definition) is 1. The number of hydrogen-bond acceptors (Lipinski definition) is 2. The van der Waals surface area contributed by atoms with Crippen LogP contribution in [0.1, 0.15) is 22.8 Å². The van der Waals surface area contributed by atoms with Crippen molar-refractivity contribution in [1.82, 2.24) is 4.98 Å². The molecule has 3 heteroatoms. The average Bonchev–Trinajstić information content (AvgIpc) is 2.40. The average molecular weight is 251 g/mol. The minimum absolute atomic E-state index is 0.00236. The highest BCUT2D eigenvalue weighted by molar-refractivity contribution is 6.00. The highest BCUT2D eigenvalue weighted by Gasteiger charge is 2.08. The van der Waals surface area contributed by atoms with Gasteiger partial charge in [-0.05, 0) is 37.6 Å². The number of para-hydroxylation sites is 1. The Morgan fingerprint density at radius 1 is 1.11 bits per heavy atom. The molecule has 0 bridgehead atoms. The zero-order valence-electron chi connectivity index (χ0n) is 10.8. The first-order chi connectivity index (χ1) is 9.08. The van der Waals surface area contributed by atoms with Gasteiger partial charge in [-0.25, -0.2) is 0 Å². The maximum atomic E-state index is 12.4. The Bertz CT molecular complexity index is 875. The van der Waals surface area contributed by atoms with E-state index in [2.05, 4.69) is 4.98 Å². The lowest BCUT2D eigenvalue weighted by molar-refractivity contribution is 0.101. The molecule has 1 aromatic heterocycles. The molecule has 0 aliphatic carbocycles. The lowest BCUT2D eigenvalue weighted by Gasteiger charge is -2.06. The fourth-order valence-electron chi connectivity index (χ4n) is 2.37. The van der Waals surface area contributed by atoms with Crippen molar-refractivity contribution < 1.29 is 4.79 Å². The van der Waals surface area contributed by atoms with Gasteiger partial charge in [-0.1, -0.05) is 18.2 Å². The third-order valence-electron chi connectivity index (χ3n) is 3.45. The van der Waals surface area contributed by atoms with Crippen molar-refractivity contribution in [2.75, 3.05) is 0 Å². The minimum atomic E-state index is -0.00682. The molecular weight excluding hydrogens is 238 g/mol. The van der Waals surface area contributed by atoms with Gasteiger partial charge in [-0.3, -0.25) is 9.59 Å². The third kappa shape index (κ3) is 1.74. The van der Waals surface area contributed by atoms with Crippen LogP contribution in [0, 0.1) is 6.92 Å². The van der Waals surface area contributed by atoms with E-state index in [9.17, 15) is 9.59 Å². The second kappa shape index (κ2) is 4.05. The SMILES string of the molecule is CC(=O)c1ccc2c(=O)c3cccc(C)c3[nH]c2c1. The van der Waals surface area contributed by atoms with Crippen LogP contribution in [0.2, 0.25) is 0 Å². The van der Waals surface area contributed by atoms with Crippen LogP contribution in [0.3, 0.4) is 0 Å². The van der Waals surface area contributed by atoms with Crippen LogP contribution < -0.4 is 5.43 Å². The van der Waals surface area contributed by atoms with Crippen LogP contribution in [0.25, 0.3) is 21.8 Å². The maximum absolute atomic E-state index is 12.4. The van der Waals surface area contributed by atoms with E-state index in [-0.39, 0.29) is 11.2 Å². The molecule has 0 saturated carbocycles. The number of Topliss-reactive ketones (excluding diaryl/α,β-unsaturated/α-hetero) is 1. The van der Waals surface area contributed by atoms with Crippen LogP contribution in [0.4, 0.5) is 0 Å². The van der Waals surface area contributed by atoms with Crippen LogP contribution in [0.5, 0.6) is 0 Å². The Morgan fingerprint density at radius 2 is 1.89 bits per heavy atom. The maximum Gasteiger partial charge on any atom is 0.197 e. The third-order valence-corrected chi connectivity index (χ3v) is 3.45. The number of pyridine rings is 1. The van der Waals surface area contributed by atoms with Crippen LogP contribution >= 0.6 is 0 Å². The van der Waals surface area contributed by atoms with Gasteiger partial charge in [-0.15, -0.1) is 0 Å². The standard InChI is InChI=1S/C16H13NO2/c1-9-4-3-5-13-15(9)17-14-8-11(10(2)18)6-7-12(14)16(13)19/h3-8H,1-2H3,(H,17,19). The van der Waals surface area contributed by atoms with Gasteiger partial charge in [0.15, 0.2) is 11.2 Å². The normalized spacial score (nSPS) is 11.1. The van der Waals surface area contributed by atoms with Gasteiger partial charge in [0, 0.05) is 16.3 Å². The van der Waals surface area contributed by atoms with E-state index in [1.807, 2.05) is 25.1 Å². The molecule has 94 valence electrons. The predicted octanol–water partition coefficient (Wildman–Crippen LogP) is 3.19. The van der Waals surface area contributed by atoms with Crippen molar-refractivity contribution in [3.63, 3.8) is 0 Å². The second-order valence-electron chi connectivity index (χ2n) is 4.77. The monoisotopic (exact) mass is 251 g/mol. The smallest absolute Gasteiger partial charge is 0.197 e. The summed E-state index contributed by atoms with van der Waals surface area (Å²) < 4.78 is 0. The highest BCUT2D eigenvalue weighted by atomic mass is 16.1. The van der Waals surface area contributed by atoms with Gasteiger partial charge >= 0.3 is 0 Å². The molecule has 3 aromatic rings. The number of aryl methyl sites for hydroxylation is 1. The molecule has 0 saturated heterocycles. The summed E-state index contributed by atoms with van der Waals surface area (Å²) in [6.07, 6.45) is 0. The zero-order valence-corrected chi connectivity index (χ0v) is 10.8. The summed E-state index contributed by atoms with van der Waals surface area (Å²) in [6, 6.07) is 10.8. The first-order valence-corrected chi connectivity index (χ1v) is 6.14. The summed E-state index contributed by atoms with van der Waals surface area (Å²) in [5, 5.41) is 1.30. The van der Waals surface area contributed by atoms with Crippen molar-refractivity contribution in [3.05, 3.63) is 57.7 Å². The van der Waals surface area contributed by atoms with E-state index in [0.29, 0.717) is 21.9 Å². The largest absolute Gasteiger partial charge is 0.354 e. The van der Waals surface area contributed by atoms with E-state index in [1.54, 1.807) is 18.2 Å². The molecule has 0 amide bonds. The van der Waals surface area contributed by atoms with Gasteiger partial charge in [0.1, 0.15) is 0 Å². The van der Waals surface area contributed by atoms with Crippen molar-refractivity contribution in [1.29, 1.82) is 0 Å². The van der Waals surface area contributed by atoms with E-state index in [0.717, 1.165) is 11.1 Å². The summed E-state index contributed by atoms with van der Waals surface area (Å²) >= 11 is 0. The summed E-state index contributed by atoms with van der Waals surface area (Å²) in [7, 11) is 0.